The number of ether oxygens (including phenoxy) is 1. The average molecular weight is 405 g/mol. The number of thiophene rings is 1. The number of hydrogen-bond acceptors (Lipinski definition) is 6. The fourth-order valence-electron chi connectivity index (χ4n) is 2.21. The molecule has 0 saturated carbocycles. The van der Waals surface area contributed by atoms with Crippen molar-refractivity contribution < 1.29 is 9.53 Å². The molecule has 2 aromatic heterocycles. The molecule has 0 unspecified atom stereocenters. The number of aromatic nitrogens is 1. The van der Waals surface area contributed by atoms with Gasteiger partial charge in [-0.1, -0.05) is 6.07 Å². The summed E-state index contributed by atoms with van der Waals surface area (Å²) in [6.07, 6.45) is 0. The molecule has 26 heavy (non-hydrogen) atoms. The van der Waals surface area contributed by atoms with Crippen molar-refractivity contribution in [1.82, 2.24) is 10.3 Å². The van der Waals surface area contributed by atoms with Crippen LogP contribution >= 0.6 is 34.4 Å². The second-order valence-corrected chi connectivity index (χ2v) is 8.58. The minimum Gasteiger partial charge on any atom is -0.484 e. The number of thioether (sulfide) groups is 1. The second kappa shape index (κ2) is 9.75. The van der Waals surface area contributed by atoms with Crippen molar-refractivity contribution in [3.8, 4) is 16.3 Å². The van der Waals surface area contributed by atoms with Gasteiger partial charge in [0.05, 0.1) is 0 Å². The molecule has 3 rings (SSSR count). The normalized spacial score (nSPS) is 10.7. The quantitative estimate of drug-likeness (QED) is 0.529. The van der Waals surface area contributed by atoms with Crippen LogP contribution in [0, 0.1) is 6.92 Å². The highest BCUT2D eigenvalue weighted by Crippen LogP contribution is 2.25. The van der Waals surface area contributed by atoms with Gasteiger partial charge in [0.15, 0.2) is 6.61 Å². The number of rotatable bonds is 9. The summed E-state index contributed by atoms with van der Waals surface area (Å²) in [6, 6.07) is 11.9. The van der Waals surface area contributed by atoms with Gasteiger partial charge in [0, 0.05) is 39.6 Å². The van der Waals surface area contributed by atoms with Crippen LogP contribution in [-0.4, -0.2) is 29.8 Å². The van der Waals surface area contributed by atoms with E-state index in [2.05, 4.69) is 27.8 Å². The third kappa shape index (κ3) is 5.86. The molecule has 0 aliphatic rings. The van der Waals surface area contributed by atoms with Crippen LogP contribution in [0.4, 0.5) is 0 Å². The second-order valence-electron chi connectivity index (χ2n) is 5.59. The lowest BCUT2D eigenvalue weighted by Crippen LogP contribution is -2.30. The first-order valence-corrected chi connectivity index (χ1v) is 11.1. The maximum atomic E-state index is 11.8. The highest BCUT2D eigenvalue weighted by molar-refractivity contribution is 7.98. The Bertz CT molecular complexity index is 814. The van der Waals surface area contributed by atoms with Crippen molar-refractivity contribution >= 4 is 40.3 Å². The maximum Gasteiger partial charge on any atom is 0.257 e. The average Bonchev–Trinajstić information content (AvgIpc) is 3.32. The Hall–Kier alpha value is -1.83. The molecule has 4 nitrogen and oxygen atoms in total. The summed E-state index contributed by atoms with van der Waals surface area (Å²) in [6.45, 7) is 2.67. The smallest absolute Gasteiger partial charge is 0.257 e. The van der Waals surface area contributed by atoms with E-state index in [-0.39, 0.29) is 12.5 Å². The van der Waals surface area contributed by atoms with Crippen LogP contribution in [-0.2, 0) is 10.5 Å². The summed E-state index contributed by atoms with van der Waals surface area (Å²) in [4.78, 5) is 17.7. The molecule has 0 radical (unpaired) electrons. The Kier molecular flexibility index (Phi) is 7.11. The van der Waals surface area contributed by atoms with Gasteiger partial charge in [-0.15, -0.1) is 22.7 Å². The maximum absolute atomic E-state index is 11.8. The zero-order valence-electron chi connectivity index (χ0n) is 14.4. The number of amides is 1. The Labute approximate surface area is 165 Å². The third-order valence-electron chi connectivity index (χ3n) is 3.48. The monoisotopic (exact) mass is 404 g/mol. The van der Waals surface area contributed by atoms with Crippen LogP contribution in [0.15, 0.2) is 47.2 Å². The minimum atomic E-state index is -0.0960. The number of nitrogens with one attached hydrogen (secondary N) is 1. The molecule has 0 bridgehead atoms. The largest absolute Gasteiger partial charge is 0.484 e. The highest BCUT2D eigenvalue weighted by atomic mass is 32.2. The molecule has 0 aliphatic heterocycles. The molecule has 0 atom stereocenters. The molecule has 1 amide bonds. The van der Waals surface area contributed by atoms with E-state index in [0.29, 0.717) is 12.3 Å². The van der Waals surface area contributed by atoms with E-state index in [9.17, 15) is 4.79 Å². The van der Waals surface area contributed by atoms with E-state index in [1.165, 1.54) is 4.88 Å². The van der Waals surface area contributed by atoms with Gasteiger partial charge in [0.2, 0.25) is 0 Å². The number of nitrogens with zero attached hydrogens (tertiary/aromatic N) is 1. The summed E-state index contributed by atoms with van der Waals surface area (Å²) in [5.74, 6) is 2.48. The van der Waals surface area contributed by atoms with E-state index in [4.69, 9.17) is 4.74 Å². The van der Waals surface area contributed by atoms with Gasteiger partial charge in [0.25, 0.3) is 5.91 Å². The Morgan fingerprint density at radius 1 is 1.23 bits per heavy atom. The van der Waals surface area contributed by atoms with Crippen molar-refractivity contribution in [2.45, 2.75) is 12.7 Å². The van der Waals surface area contributed by atoms with Gasteiger partial charge in [-0.3, -0.25) is 4.79 Å². The Morgan fingerprint density at radius 3 is 2.77 bits per heavy atom. The van der Waals surface area contributed by atoms with Crippen molar-refractivity contribution in [3.63, 3.8) is 0 Å². The van der Waals surface area contributed by atoms with Gasteiger partial charge in [-0.25, -0.2) is 4.98 Å². The molecular weight excluding hydrogens is 384 g/mol. The zero-order valence-corrected chi connectivity index (χ0v) is 16.9. The first-order chi connectivity index (χ1) is 12.7. The fraction of sp³-hybridized carbons (Fsp3) is 0.263. The van der Waals surface area contributed by atoms with Gasteiger partial charge < -0.3 is 10.1 Å². The zero-order chi connectivity index (χ0) is 18.2. The third-order valence-corrected chi connectivity index (χ3v) is 6.56. The van der Waals surface area contributed by atoms with Gasteiger partial charge in [-0.2, -0.15) is 11.8 Å². The number of carbonyl (C=O) groups is 1. The molecule has 0 spiro atoms. The standard InChI is InChI=1S/C19H20N2O2S3/c1-14-12-26-19(21-14)15-4-6-16(7-5-15)23-11-18(22)20-8-10-24-13-17-3-2-9-25-17/h2-7,9,12H,8,10-11,13H2,1H3,(H,20,22). The molecule has 136 valence electrons. The van der Waals surface area contributed by atoms with Crippen molar-refractivity contribution in [1.29, 1.82) is 0 Å². The predicted molar refractivity (Wildman–Crippen MR) is 111 cm³/mol. The van der Waals surface area contributed by atoms with Crippen LogP contribution in [0.25, 0.3) is 10.6 Å². The van der Waals surface area contributed by atoms with Crippen molar-refractivity contribution in [2.24, 2.45) is 0 Å². The molecule has 3 aromatic rings. The number of aryl methyl sites for hydroxylation is 1. The van der Waals surface area contributed by atoms with Gasteiger partial charge >= 0.3 is 0 Å². The van der Waals surface area contributed by atoms with Crippen LogP contribution < -0.4 is 10.1 Å². The summed E-state index contributed by atoms with van der Waals surface area (Å²) in [7, 11) is 0. The summed E-state index contributed by atoms with van der Waals surface area (Å²) >= 11 is 5.20. The van der Waals surface area contributed by atoms with E-state index < -0.39 is 0 Å². The summed E-state index contributed by atoms with van der Waals surface area (Å²) in [5, 5.41) is 7.99. The van der Waals surface area contributed by atoms with Crippen LogP contribution in [0.3, 0.4) is 0 Å². The lowest BCUT2D eigenvalue weighted by atomic mass is 10.2. The number of thiazole rings is 1. The lowest BCUT2D eigenvalue weighted by Gasteiger charge is -2.08. The van der Waals surface area contributed by atoms with Crippen molar-refractivity contribution in [3.05, 3.63) is 57.7 Å². The van der Waals surface area contributed by atoms with E-state index >= 15 is 0 Å². The lowest BCUT2D eigenvalue weighted by molar-refractivity contribution is -0.122. The molecule has 1 aromatic carbocycles. The van der Waals surface area contributed by atoms with E-state index in [1.54, 1.807) is 22.7 Å². The van der Waals surface area contributed by atoms with Crippen LogP contribution in [0.5, 0.6) is 5.75 Å². The minimum absolute atomic E-state index is 0.0330. The molecule has 7 heteroatoms. The highest BCUT2D eigenvalue weighted by Gasteiger charge is 2.05. The first kappa shape index (κ1) is 18.9. The summed E-state index contributed by atoms with van der Waals surface area (Å²) < 4.78 is 5.55. The molecule has 1 N–H and O–H groups in total. The molecule has 0 aliphatic carbocycles. The van der Waals surface area contributed by atoms with Crippen molar-refractivity contribution in [2.75, 3.05) is 18.9 Å². The Morgan fingerprint density at radius 2 is 2.08 bits per heavy atom. The summed E-state index contributed by atoms with van der Waals surface area (Å²) in [5.41, 5.74) is 2.08. The number of hydrogen-bond donors (Lipinski definition) is 1. The molecular formula is C19H20N2O2S3. The molecule has 2 heterocycles. The van der Waals surface area contributed by atoms with Gasteiger partial charge in [0.1, 0.15) is 10.8 Å². The fourth-order valence-corrected chi connectivity index (χ4v) is 4.71. The predicted octanol–water partition coefficient (Wildman–Crippen LogP) is 4.61. The SMILES string of the molecule is Cc1csc(-c2ccc(OCC(=O)NCCSCc3cccs3)cc2)n1. The first-order valence-electron chi connectivity index (χ1n) is 8.23. The molecule has 0 saturated heterocycles. The van der Waals surface area contributed by atoms with Crippen LogP contribution in [0.2, 0.25) is 0 Å². The van der Waals surface area contributed by atoms with Gasteiger partial charge in [-0.05, 0) is 42.6 Å². The van der Waals surface area contributed by atoms with E-state index in [0.717, 1.165) is 27.8 Å². The topological polar surface area (TPSA) is 51.2 Å². The number of carbonyl (C=O) groups excluding carboxylic acids is 1. The van der Waals surface area contributed by atoms with Crippen LogP contribution in [0.1, 0.15) is 10.6 Å². The van der Waals surface area contributed by atoms with E-state index in [1.807, 2.05) is 48.3 Å². The Balaban J connectivity index is 1.33. The molecule has 0 fully saturated rings. The number of benzene rings is 1.